The Morgan fingerprint density at radius 3 is 2.38 bits per heavy atom. The van der Waals surface area contributed by atoms with E-state index in [4.69, 9.17) is 9.15 Å². The number of phenols is 1. The first-order chi connectivity index (χ1) is 17.6. The number of phenolic OH excluding ortho intramolecular Hbond substituents is 1. The minimum absolute atomic E-state index is 0.107. The maximum Gasteiger partial charge on any atom is 0.416 e. The number of aliphatic hydroxyl groups is 1. The van der Waals surface area contributed by atoms with Gasteiger partial charge in [0.1, 0.15) is 5.75 Å². The smallest absolute Gasteiger partial charge is 0.416 e. The third-order valence-electron chi connectivity index (χ3n) is 6.06. The minimum Gasteiger partial charge on any atom is -0.508 e. The zero-order valence-corrected chi connectivity index (χ0v) is 19.1. The Bertz CT molecular complexity index is 1570. The van der Waals surface area contributed by atoms with E-state index < -0.39 is 35.2 Å². The van der Waals surface area contributed by atoms with Crippen LogP contribution in [0, 0.1) is 0 Å². The fourth-order valence-corrected chi connectivity index (χ4v) is 4.35. The zero-order chi connectivity index (χ0) is 26.5. The van der Waals surface area contributed by atoms with Gasteiger partial charge in [0.2, 0.25) is 5.78 Å². The molecule has 2 N–H and O–H groups in total. The molecule has 4 aromatic rings. The van der Waals surface area contributed by atoms with Gasteiger partial charge in [-0.2, -0.15) is 13.2 Å². The number of anilines is 1. The molecule has 0 spiro atoms. The van der Waals surface area contributed by atoms with Gasteiger partial charge in [-0.25, -0.2) is 0 Å². The van der Waals surface area contributed by atoms with E-state index in [-0.39, 0.29) is 33.9 Å². The van der Waals surface area contributed by atoms with Gasteiger partial charge in [-0.15, -0.1) is 0 Å². The number of ether oxygens (including phenoxy) is 1. The van der Waals surface area contributed by atoms with E-state index in [0.29, 0.717) is 11.1 Å². The number of benzene rings is 3. The van der Waals surface area contributed by atoms with Crippen LogP contribution >= 0.6 is 0 Å². The molecule has 10 heteroatoms. The van der Waals surface area contributed by atoms with Gasteiger partial charge in [0.15, 0.2) is 22.9 Å². The van der Waals surface area contributed by atoms with Crippen molar-refractivity contribution >= 4 is 28.3 Å². The topological polar surface area (TPSA) is 100 Å². The summed E-state index contributed by atoms with van der Waals surface area (Å²) in [7, 11) is 1.43. The van der Waals surface area contributed by atoms with Crippen molar-refractivity contribution in [3.8, 4) is 11.5 Å². The zero-order valence-electron chi connectivity index (χ0n) is 19.1. The van der Waals surface area contributed by atoms with Gasteiger partial charge in [-0.1, -0.05) is 30.3 Å². The molecule has 1 aromatic heterocycles. The molecule has 7 nitrogen and oxygen atoms in total. The number of furan rings is 1. The van der Waals surface area contributed by atoms with Gasteiger partial charge in [-0.05, 0) is 48.0 Å². The van der Waals surface area contributed by atoms with Crippen LogP contribution in [0.15, 0.2) is 88.5 Å². The number of carbonyl (C=O) groups is 2. The molecule has 1 amide bonds. The molecule has 0 fully saturated rings. The number of halogens is 3. The van der Waals surface area contributed by atoms with Gasteiger partial charge < -0.3 is 19.4 Å². The third kappa shape index (κ3) is 4.06. The second-order valence-electron chi connectivity index (χ2n) is 8.30. The largest absolute Gasteiger partial charge is 0.508 e. The van der Waals surface area contributed by atoms with Crippen molar-refractivity contribution in [2.75, 3.05) is 12.0 Å². The number of aliphatic hydroxyl groups excluding tert-OH is 1. The SMILES string of the molecule is COc1cccc2cc(C(=O)C3=C(O)C(=O)N(c4cccc(C(F)(F)F)c4)C3c3ccc(O)cc3)oc12. The molecule has 1 atom stereocenters. The highest BCUT2D eigenvalue weighted by Crippen LogP contribution is 2.44. The molecule has 1 aliphatic rings. The average Bonchev–Trinajstić information content (AvgIpc) is 3.43. The summed E-state index contributed by atoms with van der Waals surface area (Å²) in [5.41, 5.74) is -1.03. The Morgan fingerprint density at radius 1 is 1.00 bits per heavy atom. The average molecular weight is 509 g/mol. The minimum atomic E-state index is -4.69. The maximum absolute atomic E-state index is 13.7. The van der Waals surface area contributed by atoms with E-state index in [1.54, 1.807) is 18.2 Å². The van der Waals surface area contributed by atoms with Crippen LogP contribution in [0.5, 0.6) is 11.5 Å². The lowest BCUT2D eigenvalue weighted by atomic mass is 9.94. The molecule has 0 aliphatic carbocycles. The number of methoxy groups -OCH3 is 1. The van der Waals surface area contributed by atoms with Crippen LogP contribution in [-0.4, -0.2) is 29.0 Å². The maximum atomic E-state index is 13.7. The van der Waals surface area contributed by atoms with E-state index in [1.165, 1.54) is 43.5 Å². The van der Waals surface area contributed by atoms with Gasteiger partial charge in [0.25, 0.3) is 5.91 Å². The number of aromatic hydroxyl groups is 1. The van der Waals surface area contributed by atoms with Crippen LogP contribution in [0.4, 0.5) is 18.9 Å². The second-order valence-corrected chi connectivity index (χ2v) is 8.30. The summed E-state index contributed by atoms with van der Waals surface area (Å²) >= 11 is 0. The molecule has 0 bridgehead atoms. The summed E-state index contributed by atoms with van der Waals surface area (Å²) in [5, 5.41) is 21.1. The standard InChI is InChI=1S/C27H18F3NO6/c1-36-19-7-2-4-15-12-20(37-25(15)19)23(33)21-22(14-8-10-18(32)11-9-14)31(26(35)24(21)34)17-6-3-5-16(13-17)27(28,29)30/h2-13,22,32,34H,1H3. The van der Waals surface area contributed by atoms with Crippen LogP contribution in [0.2, 0.25) is 0 Å². The van der Waals surface area contributed by atoms with Crippen molar-refractivity contribution in [1.29, 1.82) is 0 Å². The molecule has 0 radical (unpaired) electrons. The van der Waals surface area contributed by atoms with Crippen LogP contribution in [0.25, 0.3) is 11.0 Å². The van der Waals surface area contributed by atoms with Crippen molar-refractivity contribution in [2.45, 2.75) is 12.2 Å². The number of ketones is 1. The van der Waals surface area contributed by atoms with E-state index in [9.17, 15) is 33.0 Å². The first kappa shape index (κ1) is 24.0. The molecule has 3 aromatic carbocycles. The Balaban J connectivity index is 1.66. The predicted octanol–water partition coefficient (Wildman–Crippen LogP) is 5.95. The Morgan fingerprint density at radius 2 is 1.70 bits per heavy atom. The van der Waals surface area contributed by atoms with E-state index in [1.807, 2.05) is 0 Å². The van der Waals surface area contributed by atoms with E-state index in [0.717, 1.165) is 23.1 Å². The summed E-state index contributed by atoms with van der Waals surface area (Å²) in [5.74, 6) is -2.77. The first-order valence-electron chi connectivity index (χ1n) is 10.9. The fraction of sp³-hybridized carbons (Fsp3) is 0.111. The molecule has 1 unspecified atom stereocenters. The molecule has 0 saturated heterocycles. The normalized spacial score (nSPS) is 16.1. The summed E-state index contributed by atoms with van der Waals surface area (Å²) in [6.07, 6.45) is -4.69. The number of para-hydroxylation sites is 1. The number of Topliss-reactive ketones (excluding diaryl/α,β-unsaturated/α-hetero) is 1. The Hall–Kier alpha value is -4.73. The lowest BCUT2D eigenvalue weighted by Crippen LogP contribution is -2.31. The number of nitrogens with zero attached hydrogens (tertiary/aromatic N) is 1. The highest BCUT2D eigenvalue weighted by atomic mass is 19.4. The van der Waals surface area contributed by atoms with Gasteiger partial charge >= 0.3 is 6.18 Å². The van der Waals surface area contributed by atoms with Crippen LogP contribution in [0.3, 0.4) is 0 Å². The molecule has 37 heavy (non-hydrogen) atoms. The quantitative estimate of drug-likeness (QED) is 0.323. The van der Waals surface area contributed by atoms with Crippen molar-refractivity contribution in [1.82, 2.24) is 0 Å². The molecule has 0 saturated carbocycles. The second kappa shape index (κ2) is 8.74. The van der Waals surface area contributed by atoms with Crippen LogP contribution in [-0.2, 0) is 11.0 Å². The number of amides is 1. The number of rotatable bonds is 5. The van der Waals surface area contributed by atoms with Crippen molar-refractivity contribution in [3.05, 3.63) is 101 Å². The van der Waals surface area contributed by atoms with Gasteiger partial charge in [0.05, 0.1) is 24.3 Å². The third-order valence-corrected chi connectivity index (χ3v) is 6.06. The van der Waals surface area contributed by atoms with Gasteiger partial charge in [0, 0.05) is 11.1 Å². The molecular formula is C27H18F3NO6. The van der Waals surface area contributed by atoms with E-state index >= 15 is 0 Å². The van der Waals surface area contributed by atoms with Crippen molar-refractivity contribution in [3.63, 3.8) is 0 Å². The Kier molecular flexibility index (Phi) is 5.66. The number of alkyl halides is 3. The fourth-order valence-electron chi connectivity index (χ4n) is 4.35. The molecule has 188 valence electrons. The van der Waals surface area contributed by atoms with Crippen molar-refractivity contribution < 1.29 is 42.1 Å². The Labute approximate surface area is 207 Å². The monoisotopic (exact) mass is 509 g/mol. The van der Waals surface area contributed by atoms with Crippen molar-refractivity contribution in [2.24, 2.45) is 0 Å². The number of hydrogen-bond donors (Lipinski definition) is 2. The predicted molar refractivity (Wildman–Crippen MR) is 127 cm³/mol. The van der Waals surface area contributed by atoms with Crippen LogP contribution < -0.4 is 9.64 Å². The number of fused-ring (bicyclic) bond motifs is 1. The highest BCUT2D eigenvalue weighted by molar-refractivity contribution is 6.20. The first-order valence-corrected chi connectivity index (χ1v) is 10.9. The molecule has 2 heterocycles. The van der Waals surface area contributed by atoms with Gasteiger partial charge in [-0.3, -0.25) is 14.5 Å². The number of hydrogen-bond acceptors (Lipinski definition) is 6. The summed E-state index contributed by atoms with van der Waals surface area (Å²) in [6, 6.07) is 14.5. The molecule has 1 aliphatic heterocycles. The molecule has 5 rings (SSSR count). The molecular weight excluding hydrogens is 491 g/mol. The summed E-state index contributed by atoms with van der Waals surface area (Å²) in [6.45, 7) is 0. The van der Waals surface area contributed by atoms with Crippen LogP contribution in [0.1, 0.15) is 27.7 Å². The number of carbonyl (C=O) groups excluding carboxylic acids is 2. The summed E-state index contributed by atoms with van der Waals surface area (Å²) < 4.78 is 51.2. The lowest BCUT2D eigenvalue weighted by molar-refractivity contribution is -0.137. The lowest BCUT2D eigenvalue weighted by Gasteiger charge is -2.27. The van der Waals surface area contributed by atoms with E-state index in [2.05, 4.69) is 0 Å². The summed E-state index contributed by atoms with van der Waals surface area (Å²) in [4.78, 5) is 27.8. The highest BCUT2D eigenvalue weighted by Gasteiger charge is 2.46.